The van der Waals surface area contributed by atoms with E-state index in [0.717, 1.165) is 9.28 Å². The summed E-state index contributed by atoms with van der Waals surface area (Å²) in [6.45, 7) is 6.53. The molecule has 0 aliphatic heterocycles. The minimum Gasteiger partial charge on any atom is -0.465 e. The Morgan fingerprint density at radius 3 is 2.18 bits per heavy atom. The first kappa shape index (κ1) is 27.6. The molecule has 5 nitrogen and oxygen atoms in total. The molecule has 162 valence electrons. The van der Waals surface area contributed by atoms with Gasteiger partial charge in [-0.1, -0.05) is 93.8 Å². The molecule has 0 aliphatic rings. The average Bonchev–Trinajstić information content (AvgIpc) is 2.65. The second kappa shape index (κ2) is 18.6. The molecule has 0 atom stereocenters. The summed E-state index contributed by atoms with van der Waals surface area (Å²) >= 11 is 8.49. The third kappa shape index (κ3) is 16.5. The number of nitrogens with zero attached hydrogens (tertiary/aromatic N) is 3. The van der Waals surface area contributed by atoms with Gasteiger partial charge >= 0.3 is 5.97 Å². The van der Waals surface area contributed by atoms with Gasteiger partial charge in [0.2, 0.25) is 0 Å². The number of hydrogen-bond donors (Lipinski definition) is 0. The lowest BCUT2D eigenvalue weighted by molar-refractivity contribution is -0.145. The third-order valence-corrected chi connectivity index (χ3v) is 7.03. The van der Waals surface area contributed by atoms with Crippen molar-refractivity contribution >= 4 is 45.2 Å². The average molecular weight is 448 g/mol. The number of carbonyl (C=O) groups excluding carboxylic acids is 1. The summed E-state index contributed by atoms with van der Waals surface area (Å²) < 4.78 is 5.36. The van der Waals surface area contributed by atoms with Crippen molar-refractivity contribution in [3.8, 4) is 0 Å². The largest absolute Gasteiger partial charge is 0.465 e. The van der Waals surface area contributed by atoms with Crippen LogP contribution in [0.2, 0.25) is 0 Å². The van der Waals surface area contributed by atoms with Crippen LogP contribution in [-0.2, 0) is 9.53 Å². The van der Waals surface area contributed by atoms with E-state index in [1.807, 2.05) is 13.8 Å². The molecule has 0 rings (SSSR count). The quantitative estimate of drug-likeness (QED) is 0.0570. The molecule has 0 radical (unpaired) electrons. The molecule has 0 aromatic heterocycles. The fraction of sp³-hybridized carbons (Fsp3) is 0.900. The topological polar surface area (TPSA) is 75.1 Å². The van der Waals surface area contributed by atoms with Gasteiger partial charge in [-0.25, -0.2) is 0 Å². The molecule has 0 N–H and O–H groups in total. The summed E-state index contributed by atoms with van der Waals surface area (Å²) in [5.74, 6) is 0.736. The molecule has 0 heterocycles. The first-order valence-electron chi connectivity index (χ1n) is 10.5. The van der Waals surface area contributed by atoms with Crippen molar-refractivity contribution in [2.24, 2.45) is 5.11 Å². The van der Waals surface area contributed by atoms with Crippen LogP contribution in [0.15, 0.2) is 5.11 Å². The standard InChI is InChI=1S/C20H37N3O2S3/c1-4-5-6-7-8-9-10-11-12-13-17-27-19(26)28-20(2,3)18(24)25-16-14-15-22-23-21/h4-17H2,1-3H3. The highest BCUT2D eigenvalue weighted by Crippen LogP contribution is 2.32. The predicted molar refractivity (Wildman–Crippen MR) is 128 cm³/mol. The highest BCUT2D eigenvalue weighted by molar-refractivity contribution is 8.47. The van der Waals surface area contributed by atoms with Crippen LogP contribution >= 0.6 is 35.7 Å². The lowest BCUT2D eigenvalue weighted by atomic mass is 10.1. The Hall–Kier alpha value is -0.430. The molecule has 0 amide bonds. The molecule has 0 aromatic carbocycles. The van der Waals surface area contributed by atoms with Gasteiger partial charge in [0.1, 0.15) is 8.28 Å². The SMILES string of the molecule is CCCCCCCCCCCCSC(=S)SC(C)(C)C(=O)OCCCN=[N+]=[N-]. The summed E-state index contributed by atoms with van der Waals surface area (Å²) in [5.41, 5.74) is 8.21. The van der Waals surface area contributed by atoms with Crippen LogP contribution in [0.1, 0.15) is 91.4 Å². The van der Waals surface area contributed by atoms with E-state index in [-0.39, 0.29) is 12.6 Å². The van der Waals surface area contributed by atoms with Gasteiger partial charge in [-0.3, -0.25) is 4.79 Å². The normalized spacial score (nSPS) is 11.1. The Labute approximate surface area is 185 Å². The Morgan fingerprint density at radius 1 is 1.04 bits per heavy atom. The molecule has 0 bridgehead atoms. The van der Waals surface area contributed by atoms with Crippen molar-refractivity contribution in [3.63, 3.8) is 0 Å². The van der Waals surface area contributed by atoms with Crippen molar-refractivity contribution in [1.29, 1.82) is 0 Å². The van der Waals surface area contributed by atoms with Crippen LogP contribution in [0.3, 0.4) is 0 Å². The van der Waals surface area contributed by atoms with E-state index in [1.165, 1.54) is 76.0 Å². The Bertz CT molecular complexity index is 481. The summed E-state index contributed by atoms with van der Waals surface area (Å²) in [5, 5.41) is 3.42. The van der Waals surface area contributed by atoms with Crippen LogP contribution in [0.4, 0.5) is 0 Å². The van der Waals surface area contributed by atoms with E-state index in [1.54, 1.807) is 11.8 Å². The number of thiocarbonyl (C=S) groups is 1. The first-order chi connectivity index (χ1) is 13.4. The van der Waals surface area contributed by atoms with Crippen LogP contribution in [-0.4, -0.2) is 33.1 Å². The Balaban J connectivity index is 3.70. The maximum atomic E-state index is 12.2. The maximum Gasteiger partial charge on any atom is 0.322 e. The van der Waals surface area contributed by atoms with E-state index >= 15 is 0 Å². The Morgan fingerprint density at radius 2 is 1.61 bits per heavy atom. The second-order valence-electron chi connectivity index (χ2n) is 7.34. The molecule has 0 saturated heterocycles. The number of thioether (sulfide) groups is 2. The van der Waals surface area contributed by atoms with E-state index < -0.39 is 4.75 Å². The lowest BCUT2D eigenvalue weighted by Crippen LogP contribution is -2.31. The highest BCUT2D eigenvalue weighted by Gasteiger charge is 2.31. The van der Waals surface area contributed by atoms with Crippen LogP contribution < -0.4 is 0 Å². The monoisotopic (exact) mass is 447 g/mol. The van der Waals surface area contributed by atoms with Gasteiger partial charge in [-0.15, -0.1) is 11.8 Å². The van der Waals surface area contributed by atoms with Crippen LogP contribution in [0.5, 0.6) is 0 Å². The van der Waals surface area contributed by atoms with Crippen LogP contribution in [0.25, 0.3) is 10.4 Å². The highest BCUT2D eigenvalue weighted by atomic mass is 32.2. The third-order valence-electron chi connectivity index (χ3n) is 4.25. The minimum atomic E-state index is -0.694. The first-order valence-corrected chi connectivity index (χ1v) is 12.7. The number of hydrogen-bond acceptors (Lipinski definition) is 6. The van der Waals surface area contributed by atoms with Gasteiger partial charge in [-0.2, -0.15) is 0 Å². The number of azide groups is 1. The Kier molecular flexibility index (Phi) is 18.3. The van der Waals surface area contributed by atoms with Gasteiger partial charge in [0.15, 0.2) is 0 Å². The summed E-state index contributed by atoms with van der Waals surface area (Å²) in [4.78, 5) is 14.8. The summed E-state index contributed by atoms with van der Waals surface area (Å²) in [7, 11) is 0. The zero-order valence-electron chi connectivity index (χ0n) is 17.8. The molecule has 0 aromatic rings. The molecule has 0 unspecified atom stereocenters. The van der Waals surface area contributed by atoms with Gasteiger partial charge in [0.05, 0.1) is 6.61 Å². The predicted octanol–water partition coefficient (Wildman–Crippen LogP) is 7.68. The number of carbonyl (C=O) groups is 1. The molecule has 0 fully saturated rings. The lowest BCUT2D eigenvalue weighted by Gasteiger charge is -2.21. The zero-order chi connectivity index (χ0) is 21.1. The van der Waals surface area contributed by atoms with E-state index in [4.69, 9.17) is 22.5 Å². The number of ether oxygens (including phenoxy) is 1. The van der Waals surface area contributed by atoms with Crippen molar-refractivity contribution < 1.29 is 9.53 Å². The van der Waals surface area contributed by atoms with E-state index in [0.29, 0.717) is 13.0 Å². The van der Waals surface area contributed by atoms with Crippen molar-refractivity contribution in [2.75, 3.05) is 18.9 Å². The van der Waals surface area contributed by atoms with E-state index in [2.05, 4.69) is 16.9 Å². The summed E-state index contributed by atoms with van der Waals surface area (Å²) in [6.07, 6.45) is 13.8. The van der Waals surface area contributed by atoms with Crippen molar-refractivity contribution in [3.05, 3.63) is 10.4 Å². The smallest absolute Gasteiger partial charge is 0.322 e. The molecule has 28 heavy (non-hydrogen) atoms. The van der Waals surface area contributed by atoms with Crippen LogP contribution in [0, 0.1) is 0 Å². The molecule has 0 spiro atoms. The number of unbranched alkanes of at least 4 members (excludes halogenated alkanes) is 9. The fourth-order valence-corrected chi connectivity index (χ4v) is 5.60. The maximum absolute atomic E-state index is 12.2. The fourth-order valence-electron chi connectivity index (χ4n) is 2.54. The molecule has 0 saturated carbocycles. The molecular weight excluding hydrogens is 410 g/mol. The van der Waals surface area contributed by atoms with Gasteiger partial charge in [0.25, 0.3) is 0 Å². The van der Waals surface area contributed by atoms with Gasteiger partial charge < -0.3 is 4.74 Å². The van der Waals surface area contributed by atoms with E-state index in [9.17, 15) is 4.79 Å². The van der Waals surface area contributed by atoms with Gasteiger partial charge in [-0.05, 0) is 38.0 Å². The number of esters is 1. The minimum absolute atomic E-state index is 0.264. The van der Waals surface area contributed by atoms with Crippen molar-refractivity contribution in [1.82, 2.24) is 0 Å². The van der Waals surface area contributed by atoms with Gasteiger partial charge in [0, 0.05) is 11.5 Å². The zero-order valence-corrected chi connectivity index (χ0v) is 20.2. The molecule has 8 heteroatoms. The molecule has 0 aliphatic carbocycles. The molecular formula is C20H37N3O2S3. The number of rotatable bonds is 17. The van der Waals surface area contributed by atoms with Crippen molar-refractivity contribution in [2.45, 2.75) is 96.1 Å². The second-order valence-corrected chi connectivity index (χ2v) is 11.3. The summed E-state index contributed by atoms with van der Waals surface area (Å²) in [6, 6.07) is 0.